The van der Waals surface area contributed by atoms with Crippen LogP contribution in [0.3, 0.4) is 0 Å². The number of fused-ring (bicyclic) bond motifs is 2. The molecular weight excluding hydrogens is 328 g/mol. The molecule has 0 spiro atoms. The third kappa shape index (κ3) is 4.40. The number of carbonyl (C=O) groups excluding carboxylic acids is 1. The minimum atomic E-state index is -0.450. The summed E-state index contributed by atoms with van der Waals surface area (Å²) in [5, 5.41) is 0. The van der Waals surface area contributed by atoms with Gasteiger partial charge in [-0.2, -0.15) is 0 Å². The lowest BCUT2D eigenvalue weighted by Gasteiger charge is -2.47. The van der Waals surface area contributed by atoms with Crippen LogP contribution >= 0.6 is 0 Å². The van der Waals surface area contributed by atoms with Crippen LogP contribution in [0.5, 0.6) is 0 Å². The second-order valence-corrected chi connectivity index (χ2v) is 8.88. The highest BCUT2D eigenvalue weighted by atomic mass is 16.6. The fourth-order valence-electron chi connectivity index (χ4n) is 4.49. The van der Waals surface area contributed by atoms with Gasteiger partial charge in [-0.05, 0) is 66.2 Å². The highest BCUT2D eigenvalue weighted by Gasteiger charge is 2.55. The maximum absolute atomic E-state index is 11.7. The summed E-state index contributed by atoms with van der Waals surface area (Å²) in [6, 6.07) is 0. The molecule has 0 N–H and O–H groups in total. The molecule has 0 aromatic heterocycles. The number of allylic oxidation sites excluding steroid dienone is 3. The van der Waals surface area contributed by atoms with Crippen LogP contribution in [0.4, 0.5) is 0 Å². The van der Waals surface area contributed by atoms with E-state index in [1.807, 2.05) is 0 Å². The van der Waals surface area contributed by atoms with Crippen LogP contribution in [0, 0.1) is 5.92 Å². The van der Waals surface area contributed by atoms with Gasteiger partial charge in [-0.25, -0.2) is 0 Å². The average molecular weight is 363 g/mol. The van der Waals surface area contributed by atoms with Gasteiger partial charge in [-0.15, -0.1) is 0 Å². The Bertz CT molecular complexity index is 601. The van der Waals surface area contributed by atoms with E-state index < -0.39 is 5.60 Å². The quantitative estimate of drug-likeness (QED) is 0.405. The summed E-state index contributed by atoms with van der Waals surface area (Å²) in [5.41, 5.74) is 2.21. The molecule has 0 aromatic carbocycles. The lowest BCUT2D eigenvalue weighted by atomic mass is 9.76. The second kappa shape index (κ2) is 7.47. The molecule has 0 unspecified atom stereocenters. The van der Waals surface area contributed by atoms with E-state index in [0.29, 0.717) is 5.92 Å². The van der Waals surface area contributed by atoms with E-state index in [1.165, 1.54) is 18.1 Å². The summed E-state index contributed by atoms with van der Waals surface area (Å²) in [5.74, 6) is 0.139. The molecule has 3 aliphatic rings. The van der Waals surface area contributed by atoms with E-state index in [2.05, 4.69) is 39.8 Å². The first-order chi connectivity index (χ1) is 12.2. The predicted octanol–water partition coefficient (Wildman–Crippen LogP) is 4.73. The Kier molecular flexibility index (Phi) is 5.64. The summed E-state index contributed by atoms with van der Waals surface area (Å²) in [6.45, 7) is 11.0. The van der Waals surface area contributed by atoms with Crippen LogP contribution in [0.25, 0.3) is 0 Å². The molecule has 3 rings (SSSR count). The molecule has 5 atom stereocenters. The molecular formula is C22H34O4. The van der Waals surface area contributed by atoms with E-state index >= 15 is 0 Å². The second-order valence-electron chi connectivity index (χ2n) is 8.88. The number of esters is 1. The first-order valence-electron chi connectivity index (χ1n) is 10.0. The number of epoxide rings is 1. The molecule has 3 aliphatic heterocycles. The number of ether oxygens (including phenoxy) is 3. The van der Waals surface area contributed by atoms with Crippen molar-refractivity contribution in [1.82, 2.24) is 0 Å². The lowest BCUT2D eigenvalue weighted by molar-refractivity contribution is -0.202. The van der Waals surface area contributed by atoms with Crippen molar-refractivity contribution >= 4 is 5.97 Å². The molecule has 0 aliphatic carbocycles. The van der Waals surface area contributed by atoms with Gasteiger partial charge in [0.1, 0.15) is 11.7 Å². The summed E-state index contributed by atoms with van der Waals surface area (Å²) < 4.78 is 18.2. The molecule has 0 amide bonds. The molecule has 26 heavy (non-hydrogen) atoms. The summed E-state index contributed by atoms with van der Waals surface area (Å²) in [7, 11) is 0. The van der Waals surface area contributed by atoms with Crippen LogP contribution in [0.15, 0.2) is 23.3 Å². The zero-order valence-electron chi connectivity index (χ0n) is 17.0. The maximum atomic E-state index is 11.7. The summed E-state index contributed by atoms with van der Waals surface area (Å²) >= 11 is 0. The summed E-state index contributed by atoms with van der Waals surface area (Å²) in [4.78, 5) is 11.7. The van der Waals surface area contributed by atoms with Gasteiger partial charge in [0.05, 0.1) is 18.3 Å². The third-order valence-corrected chi connectivity index (χ3v) is 6.41. The molecule has 0 aromatic rings. The molecule has 0 radical (unpaired) electrons. The van der Waals surface area contributed by atoms with Crippen molar-refractivity contribution in [1.29, 1.82) is 0 Å². The highest BCUT2D eigenvalue weighted by Crippen LogP contribution is 2.48. The topological polar surface area (TPSA) is 48.1 Å². The largest absolute Gasteiger partial charge is 0.459 e. The van der Waals surface area contributed by atoms with E-state index in [1.54, 1.807) is 0 Å². The van der Waals surface area contributed by atoms with Gasteiger partial charge in [0.15, 0.2) is 0 Å². The van der Waals surface area contributed by atoms with Gasteiger partial charge in [-0.1, -0.05) is 23.3 Å². The van der Waals surface area contributed by atoms with Crippen molar-refractivity contribution in [2.75, 3.05) is 6.61 Å². The Morgan fingerprint density at radius 3 is 2.54 bits per heavy atom. The van der Waals surface area contributed by atoms with E-state index in [0.717, 1.165) is 45.1 Å². The van der Waals surface area contributed by atoms with Crippen LogP contribution in [-0.4, -0.2) is 36.0 Å². The molecule has 0 saturated carbocycles. The van der Waals surface area contributed by atoms with Crippen molar-refractivity contribution in [2.24, 2.45) is 5.92 Å². The van der Waals surface area contributed by atoms with Gasteiger partial charge in [0.25, 0.3) is 0 Å². The molecule has 2 saturated heterocycles. The van der Waals surface area contributed by atoms with Crippen LogP contribution in [0.2, 0.25) is 0 Å². The molecule has 146 valence electrons. The lowest BCUT2D eigenvalue weighted by Crippen LogP contribution is -2.53. The van der Waals surface area contributed by atoms with Gasteiger partial charge < -0.3 is 14.2 Å². The molecule has 2 bridgehead atoms. The van der Waals surface area contributed by atoms with Gasteiger partial charge in [-0.3, -0.25) is 4.79 Å². The first kappa shape index (κ1) is 19.6. The zero-order valence-corrected chi connectivity index (χ0v) is 17.0. The van der Waals surface area contributed by atoms with Crippen molar-refractivity contribution in [3.63, 3.8) is 0 Å². The van der Waals surface area contributed by atoms with Gasteiger partial charge in [0.2, 0.25) is 0 Å². The number of carbonyl (C=O) groups is 1. The maximum Gasteiger partial charge on any atom is 0.303 e. The number of hydrogen-bond donors (Lipinski definition) is 0. The van der Waals surface area contributed by atoms with E-state index in [9.17, 15) is 4.79 Å². The van der Waals surface area contributed by atoms with Crippen molar-refractivity contribution in [3.05, 3.63) is 23.3 Å². The standard InChI is InChI=1S/C22H34O4/c1-15-7-6-8-16(2)13-19-18(22(5)14-24-22)11-12-21(4,26-19)20(10-9-15)25-17(3)23/h7,13,18-20H,6,8-12,14H2,1-5H3/t18-,19-,20-,21-,22+/m0/s1. The Hall–Kier alpha value is -1.13. The van der Waals surface area contributed by atoms with Crippen LogP contribution < -0.4 is 0 Å². The fraction of sp³-hybridized carbons (Fsp3) is 0.773. The summed E-state index contributed by atoms with van der Waals surface area (Å²) in [6.07, 6.45) is 10.2. The normalized spacial score (nSPS) is 41.2. The number of hydrogen-bond acceptors (Lipinski definition) is 4. The van der Waals surface area contributed by atoms with Crippen LogP contribution in [0.1, 0.15) is 73.1 Å². The Morgan fingerprint density at radius 1 is 1.15 bits per heavy atom. The van der Waals surface area contributed by atoms with Gasteiger partial charge >= 0.3 is 5.97 Å². The van der Waals surface area contributed by atoms with Crippen molar-refractivity contribution in [3.8, 4) is 0 Å². The van der Waals surface area contributed by atoms with Crippen LogP contribution in [-0.2, 0) is 19.0 Å². The average Bonchev–Trinajstić information content (AvgIpc) is 3.28. The van der Waals surface area contributed by atoms with Gasteiger partial charge in [0, 0.05) is 12.8 Å². The monoisotopic (exact) mass is 362 g/mol. The smallest absolute Gasteiger partial charge is 0.303 e. The third-order valence-electron chi connectivity index (χ3n) is 6.41. The predicted molar refractivity (Wildman–Crippen MR) is 102 cm³/mol. The Balaban J connectivity index is 1.91. The first-order valence-corrected chi connectivity index (χ1v) is 10.0. The van der Waals surface area contributed by atoms with E-state index in [-0.39, 0.29) is 23.8 Å². The zero-order chi connectivity index (χ0) is 18.9. The Labute approximate surface area is 158 Å². The minimum Gasteiger partial charge on any atom is -0.459 e. The molecule has 4 heteroatoms. The molecule has 2 fully saturated rings. The van der Waals surface area contributed by atoms with Crippen molar-refractivity contribution in [2.45, 2.75) is 96.6 Å². The molecule has 3 heterocycles. The van der Waals surface area contributed by atoms with E-state index in [4.69, 9.17) is 14.2 Å². The number of rotatable bonds is 2. The molecule has 4 nitrogen and oxygen atoms in total. The fourth-order valence-corrected chi connectivity index (χ4v) is 4.49. The Morgan fingerprint density at radius 2 is 1.88 bits per heavy atom. The highest BCUT2D eigenvalue weighted by molar-refractivity contribution is 5.66. The minimum absolute atomic E-state index is 0.0174. The SMILES string of the molecule is CC(=O)O[C@H]1CCC(C)=CCCC(C)=C[C@@H]2O[C@@]1(C)CC[C@@H]2[C@@]1(C)CO1. The van der Waals surface area contributed by atoms with Crippen molar-refractivity contribution < 1.29 is 19.0 Å².